The zero-order valence-electron chi connectivity index (χ0n) is 7.14. The number of hydrogen-bond acceptors (Lipinski definition) is 2. The van der Waals surface area contributed by atoms with Crippen LogP contribution in [0.1, 0.15) is 0 Å². The van der Waals surface area contributed by atoms with E-state index in [1.165, 1.54) is 0 Å². The molecule has 0 atom stereocenters. The summed E-state index contributed by atoms with van der Waals surface area (Å²) >= 11 is 0. The minimum Gasteiger partial charge on any atom is -0.289 e. The Morgan fingerprint density at radius 2 is 1.73 bits per heavy atom. The van der Waals surface area contributed by atoms with E-state index < -0.39 is 23.1 Å². The molecule has 0 radical (unpaired) electrons. The number of aromatic amines is 2. The fourth-order valence-corrected chi connectivity index (χ4v) is 1.10. The largest absolute Gasteiger partial charge is 0.340 e. The minimum absolute atomic E-state index is 0.0512. The second-order valence-electron chi connectivity index (χ2n) is 2.78. The van der Waals surface area contributed by atoms with Gasteiger partial charge in [-0.3, -0.25) is 4.98 Å². The van der Waals surface area contributed by atoms with Crippen LogP contribution < -0.4 is 5.69 Å². The summed E-state index contributed by atoms with van der Waals surface area (Å²) in [5, 5.41) is 5.47. The molecular formula is C8H4F3N3O. The molecule has 0 aliphatic heterocycles. The molecular weight excluding hydrogens is 211 g/mol. The van der Waals surface area contributed by atoms with Gasteiger partial charge in [0.05, 0.1) is 0 Å². The molecule has 2 rings (SSSR count). The summed E-state index contributed by atoms with van der Waals surface area (Å²) in [6.07, 6.45) is 0. The fraction of sp³-hybridized carbons (Fsp3) is 0. The molecule has 2 aromatic rings. The molecule has 0 saturated heterocycles. The first-order valence-corrected chi connectivity index (χ1v) is 3.87. The van der Waals surface area contributed by atoms with Gasteiger partial charge in [-0.05, 0) is 12.1 Å². The van der Waals surface area contributed by atoms with Crippen LogP contribution in [0.2, 0.25) is 0 Å². The predicted octanol–water partition coefficient (Wildman–Crippen LogP) is 1.18. The first-order valence-electron chi connectivity index (χ1n) is 3.87. The average molecular weight is 215 g/mol. The number of rotatable bonds is 1. The Morgan fingerprint density at radius 3 is 2.20 bits per heavy atom. The van der Waals surface area contributed by atoms with Crippen molar-refractivity contribution in [3.05, 3.63) is 40.1 Å². The highest BCUT2D eigenvalue weighted by Gasteiger charge is 2.13. The van der Waals surface area contributed by atoms with E-state index in [0.29, 0.717) is 0 Å². The highest BCUT2D eigenvalue weighted by molar-refractivity contribution is 5.54. The van der Waals surface area contributed by atoms with Crippen LogP contribution in [0.25, 0.3) is 11.4 Å². The molecule has 1 aromatic heterocycles. The van der Waals surface area contributed by atoms with E-state index in [-0.39, 0.29) is 11.4 Å². The van der Waals surface area contributed by atoms with E-state index in [2.05, 4.69) is 10.1 Å². The number of nitrogens with one attached hydrogen (secondary N) is 2. The molecule has 4 nitrogen and oxygen atoms in total. The molecule has 78 valence electrons. The SMILES string of the molecule is O=c1[nH]nc(-c2cc(F)c(F)c(F)c2)[nH]1. The van der Waals surface area contributed by atoms with Crippen LogP contribution in [0.4, 0.5) is 13.2 Å². The molecule has 1 heterocycles. The van der Waals surface area contributed by atoms with Crippen molar-refractivity contribution >= 4 is 0 Å². The van der Waals surface area contributed by atoms with Gasteiger partial charge in [-0.25, -0.2) is 23.1 Å². The Labute approximate surface area is 80.8 Å². The first-order chi connectivity index (χ1) is 7.08. The fourth-order valence-electron chi connectivity index (χ4n) is 1.10. The highest BCUT2D eigenvalue weighted by Crippen LogP contribution is 2.19. The topological polar surface area (TPSA) is 61.5 Å². The van der Waals surface area contributed by atoms with Crippen molar-refractivity contribution in [1.82, 2.24) is 15.2 Å². The van der Waals surface area contributed by atoms with E-state index >= 15 is 0 Å². The summed E-state index contributed by atoms with van der Waals surface area (Å²) in [7, 11) is 0. The molecule has 15 heavy (non-hydrogen) atoms. The van der Waals surface area contributed by atoms with Crippen molar-refractivity contribution in [2.24, 2.45) is 0 Å². The quantitative estimate of drug-likeness (QED) is 0.701. The van der Waals surface area contributed by atoms with E-state index in [1.54, 1.807) is 0 Å². The molecule has 0 bridgehead atoms. The lowest BCUT2D eigenvalue weighted by molar-refractivity contribution is 0.447. The smallest absolute Gasteiger partial charge is 0.289 e. The second-order valence-corrected chi connectivity index (χ2v) is 2.78. The normalized spacial score (nSPS) is 10.6. The van der Waals surface area contributed by atoms with E-state index in [9.17, 15) is 18.0 Å². The summed E-state index contributed by atoms with van der Waals surface area (Å²) < 4.78 is 38.2. The Kier molecular flexibility index (Phi) is 2.07. The molecule has 0 amide bonds. The van der Waals surface area contributed by atoms with E-state index in [0.717, 1.165) is 12.1 Å². The summed E-state index contributed by atoms with van der Waals surface area (Å²) in [4.78, 5) is 12.9. The van der Waals surface area contributed by atoms with Gasteiger partial charge >= 0.3 is 5.69 Å². The summed E-state index contributed by atoms with van der Waals surface area (Å²) in [6, 6.07) is 1.48. The molecule has 7 heteroatoms. The maximum atomic E-state index is 12.8. The second kappa shape index (κ2) is 3.26. The van der Waals surface area contributed by atoms with Gasteiger partial charge in [0.2, 0.25) is 0 Å². The van der Waals surface area contributed by atoms with Gasteiger partial charge in [-0.1, -0.05) is 0 Å². The van der Waals surface area contributed by atoms with Gasteiger partial charge in [0.15, 0.2) is 23.3 Å². The first kappa shape index (κ1) is 9.50. The van der Waals surface area contributed by atoms with Crippen molar-refractivity contribution in [3.8, 4) is 11.4 Å². The number of aromatic nitrogens is 3. The van der Waals surface area contributed by atoms with Gasteiger partial charge in [-0.15, -0.1) is 0 Å². The number of benzene rings is 1. The molecule has 0 fully saturated rings. The van der Waals surface area contributed by atoms with Gasteiger partial charge < -0.3 is 0 Å². The van der Waals surface area contributed by atoms with Crippen LogP contribution in [-0.2, 0) is 0 Å². The predicted molar refractivity (Wildman–Crippen MR) is 44.5 cm³/mol. The number of hydrogen-bond donors (Lipinski definition) is 2. The molecule has 0 aliphatic carbocycles. The third-order valence-corrected chi connectivity index (χ3v) is 1.76. The van der Waals surface area contributed by atoms with Crippen LogP contribution >= 0.6 is 0 Å². The van der Waals surface area contributed by atoms with Crippen molar-refractivity contribution in [2.75, 3.05) is 0 Å². The summed E-state index contributed by atoms with van der Waals surface area (Å²) in [5.74, 6) is -4.29. The van der Waals surface area contributed by atoms with Crippen LogP contribution in [0.5, 0.6) is 0 Å². The van der Waals surface area contributed by atoms with Gasteiger partial charge in [0.25, 0.3) is 0 Å². The minimum atomic E-state index is -1.56. The van der Waals surface area contributed by atoms with Crippen molar-refractivity contribution < 1.29 is 13.2 Å². The Hall–Kier alpha value is -2.05. The maximum absolute atomic E-state index is 12.8. The highest BCUT2D eigenvalue weighted by atomic mass is 19.2. The lowest BCUT2D eigenvalue weighted by Crippen LogP contribution is -2.00. The number of nitrogens with zero attached hydrogens (tertiary/aromatic N) is 1. The monoisotopic (exact) mass is 215 g/mol. The van der Waals surface area contributed by atoms with Gasteiger partial charge in [0, 0.05) is 5.56 Å². The third kappa shape index (κ3) is 1.63. The molecule has 2 N–H and O–H groups in total. The van der Waals surface area contributed by atoms with Crippen molar-refractivity contribution in [2.45, 2.75) is 0 Å². The number of H-pyrrole nitrogens is 2. The molecule has 0 spiro atoms. The summed E-state index contributed by atoms with van der Waals surface area (Å²) in [5.41, 5.74) is -0.667. The number of halogens is 3. The van der Waals surface area contributed by atoms with E-state index in [4.69, 9.17) is 0 Å². The van der Waals surface area contributed by atoms with E-state index in [1.807, 2.05) is 5.10 Å². The molecule has 0 saturated carbocycles. The van der Waals surface area contributed by atoms with Gasteiger partial charge in [-0.2, -0.15) is 5.10 Å². The Morgan fingerprint density at radius 1 is 1.13 bits per heavy atom. The molecule has 0 unspecified atom stereocenters. The average Bonchev–Trinajstić information content (AvgIpc) is 2.60. The molecule has 0 aliphatic rings. The van der Waals surface area contributed by atoms with Crippen LogP contribution in [-0.4, -0.2) is 15.2 Å². The zero-order chi connectivity index (χ0) is 11.0. The van der Waals surface area contributed by atoms with Crippen molar-refractivity contribution in [1.29, 1.82) is 0 Å². The lowest BCUT2D eigenvalue weighted by Gasteiger charge is -1.98. The Bertz CT molecular complexity index is 537. The van der Waals surface area contributed by atoms with Crippen molar-refractivity contribution in [3.63, 3.8) is 0 Å². The lowest BCUT2D eigenvalue weighted by atomic mass is 10.2. The zero-order valence-corrected chi connectivity index (χ0v) is 7.14. The van der Waals surface area contributed by atoms with Gasteiger partial charge in [0.1, 0.15) is 0 Å². The van der Waals surface area contributed by atoms with Crippen LogP contribution in [0.3, 0.4) is 0 Å². The Balaban J connectivity index is 2.59. The van der Waals surface area contributed by atoms with Crippen LogP contribution in [0, 0.1) is 17.5 Å². The standard InChI is InChI=1S/C8H4F3N3O/c9-4-1-3(2-5(10)6(4)11)7-12-8(15)14-13-7/h1-2H,(H2,12,13,14,15). The maximum Gasteiger partial charge on any atom is 0.340 e. The third-order valence-electron chi connectivity index (χ3n) is 1.76. The summed E-state index contributed by atoms with van der Waals surface area (Å²) in [6.45, 7) is 0. The van der Waals surface area contributed by atoms with Crippen LogP contribution in [0.15, 0.2) is 16.9 Å². The molecule has 1 aromatic carbocycles.